The molecule has 0 bridgehead atoms. The highest BCUT2D eigenvalue weighted by Gasteiger charge is 2.19. The fourth-order valence-corrected chi connectivity index (χ4v) is 8.30. The molecular weight excluding hydrogens is 937 g/mol. The fourth-order valence-electron chi connectivity index (χ4n) is 8.30. The second-order valence-electron chi connectivity index (χ2n) is 20.2. The first-order chi connectivity index (χ1) is 37.5. The van der Waals surface area contributed by atoms with Gasteiger partial charge >= 0.3 is 17.9 Å². The van der Waals surface area contributed by atoms with Crippen LogP contribution in [0, 0.1) is 0 Å². The van der Waals surface area contributed by atoms with E-state index < -0.39 is 6.10 Å². The largest absolute Gasteiger partial charge is 0.462 e. The van der Waals surface area contributed by atoms with Crippen LogP contribution in [0.1, 0.15) is 271 Å². The quantitative estimate of drug-likeness (QED) is 0.0261. The minimum atomic E-state index is -0.807. The van der Waals surface area contributed by atoms with E-state index in [1.165, 1.54) is 83.5 Å². The number of unbranched alkanes of at least 4 members (excludes halogenated alkanes) is 22. The van der Waals surface area contributed by atoms with Gasteiger partial charge in [0.05, 0.1) is 0 Å². The lowest BCUT2D eigenvalue weighted by molar-refractivity contribution is -0.167. The molecule has 1 atom stereocenters. The predicted octanol–water partition coefficient (Wildman–Crippen LogP) is 21.4. The molecule has 1 unspecified atom stereocenters. The zero-order chi connectivity index (χ0) is 55.0. The van der Waals surface area contributed by atoms with Crippen LogP contribution >= 0.6 is 0 Å². The number of carbonyl (C=O) groups is 3. The van der Waals surface area contributed by atoms with Crippen LogP contribution in [0.4, 0.5) is 0 Å². The second-order valence-corrected chi connectivity index (χ2v) is 20.2. The highest BCUT2D eigenvalue weighted by molar-refractivity contribution is 5.71. The van der Waals surface area contributed by atoms with Crippen LogP contribution in [0.25, 0.3) is 0 Å². The third-order valence-electron chi connectivity index (χ3n) is 12.9. The SMILES string of the molecule is CC/C=C\C/C=C\C/C=C\C/C=C\C/C=C\C/C=C\C/C=C\CCCCCCCC(=O)OCC(COC(=O)CCCC/C=C\C/C=C\C/C=C\C/C=C\CC)OC(=O)CCCCCCCCCCCCCCCCCC. The maximum atomic E-state index is 12.9. The third kappa shape index (κ3) is 60.4. The van der Waals surface area contributed by atoms with Crippen molar-refractivity contribution in [3.63, 3.8) is 0 Å². The van der Waals surface area contributed by atoms with E-state index in [9.17, 15) is 14.4 Å². The molecule has 0 aliphatic rings. The Balaban J connectivity index is 4.43. The van der Waals surface area contributed by atoms with Crippen LogP contribution in [0.3, 0.4) is 0 Å². The van der Waals surface area contributed by atoms with Crippen molar-refractivity contribution in [3.05, 3.63) is 134 Å². The molecule has 0 heterocycles. The Kier molecular flexibility index (Phi) is 59.4. The Morgan fingerprint density at radius 2 is 0.513 bits per heavy atom. The Morgan fingerprint density at radius 3 is 0.829 bits per heavy atom. The lowest BCUT2D eigenvalue weighted by Crippen LogP contribution is -2.30. The molecule has 76 heavy (non-hydrogen) atoms. The number of ether oxygens (including phenoxy) is 3. The lowest BCUT2D eigenvalue weighted by atomic mass is 10.0. The van der Waals surface area contributed by atoms with Crippen LogP contribution in [0.15, 0.2) is 134 Å². The van der Waals surface area contributed by atoms with Crippen molar-refractivity contribution in [1.29, 1.82) is 0 Å². The van der Waals surface area contributed by atoms with Crippen molar-refractivity contribution >= 4 is 17.9 Å². The van der Waals surface area contributed by atoms with Gasteiger partial charge in [0.1, 0.15) is 13.2 Å². The van der Waals surface area contributed by atoms with Gasteiger partial charge in [0, 0.05) is 19.3 Å². The summed E-state index contributed by atoms with van der Waals surface area (Å²) in [6.45, 7) is 6.37. The van der Waals surface area contributed by atoms with Gasteiger partial charge in [-0.05, 0) is 116 Å². The summed E-state index contributed by atoms with van der Waals surface area (Å²) in [5.41, 5.74) is 0. The second kappa shape index (κ2) is 63.1. The average Bonchev–Trinajstić information content (AvgIpc) is 3.42. The Hall–Kier alpha value is -4.45. The van der Waals surface area contributed by atoms with Gasteiger partial charge in [-0.25, -0.2) is 0 Å². The molecule has 0 aliphatic carbocycles. The highest BCUT2D eigenvalue weighted by atomic mass is 16.6. The standard InChI is InChI=1S/C70H114O6/c1-4-7-10-13-16-19-22-25-28-30-31-32-33-34-35-36-37-38-39-40-43-45-48-51-54-57-60-63-69(72)75-66-67(65-74-68(71)62-59-56-53-50-47-44-41-27-24-21-18-15-12-9-6-3)76-70(73)64-61-58-55-52-49-46-42-29-26-23-20-17-14-11-8-5-2/h7,9-10,12,16,18-19,21,25,27-28,31-32,34-35,37-38,40-41,43,47,50,67H,4-6,8,11,13-15,17,20,22-24,26,29-30,33,36,39,42,44-46,48-49,51-66H2,1-3H3/b10-7-,12-9-,19-16-,21-18-,28-25-,32-31-,35-34-,38-37-,41-27-,43-40-,50-47-. The monoisotopic (exact) mass is 1050 g/mol. The topological polar surface area (TPSA) is 78.9 Å². The van der Waals surface area contributed by atoms with Gasteiger partial charge in [-0.15, -0.1) is 0 Å². The number of hydrogen-bond donors (Lipinski definition) is 0. The van der Waals surface area contributed by atoms with Crippen molar-refractivity contribution in [2.45, 2.75) is 277 Å². The summed E-state index contributed by atoms with van der Waals surface area (Å²) in [5.74, 6) is -0.960. The molecule has 0 aromatic heterocycles. The molecule has 0 rings (SSSR count). The number of hydrogen-bond acceptors (Lipinski definition) is 6. The Bertz CT molecular complexity index is 1630. The summed E-state index contributed by atoms with van der Waals surface area (Å²) in [6, 6.07) is 0. The molecule has 0 amide bonds. The van der Waals surface area contributed by atoms with Gasteiger partial charge in [-0.2, -0.15) is 0 Å². The van der Waals surface area contributed by atoms with E-state index in [-0.39, 0.29) is 31.1 Å². The van der Waals surface area contributed by atoms with Crippen LogP contribution in [-0.4, -0.2) is 37.2 Å². The van der Waals surface area contributed by atoms with E-state index in [0.717, 1.165) is 148 Å². The zero-order valence-corrected chi connectivity index (χ0v) is 49.2. The van der Waals surface area contributed by atoms with Gasteiger partial charge in [0.2, 0.25) is 0 Å². The molecule has 0 radical (unpaired) electrons. The molecule has 0 aliphatic heterocycles. The number of allylic oxidation sites excluding steroid dienone is 22. The van der Waals surface area contributed by atoms with Crippen LogP contribution in [-0.2, 0) is 28.6 Å². The number of rotatable bonds is 55. The minimum Gasteiger partial charge on any atom is -0.462 e. The molecule has 0 spiro atoms. The molecule has 430 valence electrons. The van der Waals surface area contributed by atoms with Crippen LogP contribution < -0.4 is 0 Å². The number of esters is 3. The first-order valence-corrected chi connectivity index (χ1v) is 31.2. The van der Waals surface area contributed by atoms with Crippen LogP contribution in [0.2, 0.25) is 0 Å². The molecule has 0 fully saturated rings. The van der Waals surface area contributed by atoms with Crippen molar-refractivity contribution in [3.8, 4) is 0 Å². The Labute approximate surface area is 468 Å². The summed E-state index contributed by atoms with van der Waals surface area (Å²) in [4.78, 5) is 38.3. The van der Waals surface area contributed by atoms with Gasteiger partial charge in [0.15, 0.2) is 6.10 Å². The van der Waals surface area contributed by atoms with E-state index in [4.69, 9.17) is 14.2 Å². The van der Waals surface area contributed by atoms with Gasteiger partial charge in [0.25, 0.3) is 0 Å². The third-order valence-corrected chi connectivity index (χ3v) is 12.9. The molecule has 6 nitrogen and oxygen atoms in total. The molecule has 0 saturated carbocycles. The van der Waals surface area contributed by atoms with E-state index in [2.05, 4.69) is 154 Å². The summed E-state index contributed by atoms with van der Waals surface area (Å²) >= 11 is 0. The van der Waals surface area contributed by atoms with Crippen LogP contribution in [0.5, 0.6) is 0 Å². The fraction of sp³-hybridized carbons (Fsp3) is 0.643. The molecule has 0 aromatic rings. The van der Waals surface area contributed by atoms with Gasteiger partial charge in [-0.3, -0.25) is 14.4 Å². The van der Waals surface area contributed by atoms with Crippen molar-refractivity contribution in [1.82, 2.24) is 0 Å². The normalized spacial score (nSPS) is 13.0. The maximum absolute atomic E-state index is 12.9. The van der Waals surface area contributed by atoms with Gasteiger partial charge in [-0.1, -0.05) is 270 Å². The van der Waals surface area contributed by atoms with Crippen molar-refractivity contribution in [2.24, 2.45) is 0 Å². The predicted molar refractivity (Wildman–Crippen MR) is 329 cm³/mol. The van der Waals surface area contributed by atoms with E-state index in [1.807, 2.05) is 0 Å². The summed E-state index contributed by atoms with van der Waals surface area (Å²) in [5, 5.41) is 0. The molecule has 6 heteroatoms. The van der Waals surface area contributed by atoms with E-state index in [0.29, 0.717) is 19.3 Å². The van der Waals surface area contributed by atoms with Gasteiger partial charge < -0.3 is 14.2 Å². The summed E-state index contributed by atoms with van der Waals surface area (Å²) < 4.78 is 16.9. The van der Waals surface area contributed by atoms with Crippen molar-refractivity contribution < 1.29 is 28.6 Å². The maximum Gasteiger partial charge on any atom is 0.306 e. The van der Waals surface area contributed by atoms with Crippen molar-refractivity contribution in [2.75, 3.05) is 13.2 Å². The lowest BCUT2D eigenvalue weighted by Gasteiger charge is -2.18. The van der Waals surface area contributed by atoms with E-state index in [1.54, 1.807) is 0 Å². The Morgan fingerprint density at radius 1 is 0.276 bits per heavy atom. The number of carbonyl (C=O) groups excluding carboxylic acids is 3. The molecule has 0 aromatic carbocycles. The first-order valence-electron chi connectivity index (χ1n) is 31.2. The molecular formula is C70H114O6. The highest BCUT2D eigenvalue weighted by Crippen LogP contribution is 2.15. The first kappa shape index (κ1) is 71.5. The molecule has 0 saturated heterocycles. The molecule has 0 N–H and O–H groups in total. The smallest absolute Gasteiger partial charge is 0.306 e. The zero-order valence-electron chi connectivity index (χ0n) is 49.2. The summed E-state index contributed by atoms with van der Waals surface area (Å²) in [6.07, 6.45) is 88.8. The summed E-state index contributed by atoms with van der Waals surface area (Å²) in [7, 11) is 0. The van der Waals surface area contributed by atoms with E-state index >= 15 is 0 Å². The minimum absolute atomic E-state index is 0.104. The average molecular weight is 1050 g/mol.